The minimum absolute atomic E-state index is 0.0840. The normalized spacial score (nSPS) is 15.0. The average Bonchev–Trinajstić information content (AvgIpc) is 3.34. The Kier molecular flexibility index (Phi) is 8.08. The van der Waals surface area contributed by atoms with Crippen molar-refractivity contribution in [2.24, 2.45) is 5.92 Å². The fourth-order valence-electron chi connectivity index (χ4n) is 4.48. The summed E-state index contributed by atoms with van der Waals surface area (Å²) in [6.45, 7) is 7.41. The molecule has 0 saturated carbocycles. The maximum absolute atomic E-state index is 13.7. The maximum atomic E-state index is 13.7. The predicted molar refractivity (Wildman–Crippen MR) is 135 cm³/mol. The summed E-state index contributed by atoms with van der Waals surface area (Å²) in [5, 5.41) is 2.79. The van der Waals surface area contributed by atoms with Crippen molar-refractivity contribution in [2.75, 3.05) is 13.1 Å². The molecule has 1 aliphatic heterocycles. The van der Waals surface area contributed by atoms with E-state index in [1.54, 1.807) is 24.3 Å². The molecular formula is C29H33FN2O4. The second kappa shape index (κ2) is 11.4. The number of carbonyl (C=O) groups is 2. The SMILES string of the molecule is CCCNC(=O)c1ccc(COc2ccc3c(c2)C(c2ccc(F)cc2)N(C(=O)CC(C)C)CC3)o1. The van der Waals surface area contributed by atoms with Crippen molar-refractivity contribution in [1.82, 2.24) is 10.2 Å². The van der Waals surface area contributed by atoms with Gasteiger partial charge >= 0.3 is 0 Å². The van der Waals surface area contributed by atoms with Gasteiger partial charge in [-0.2, -0.15) is 0 Å². The summed E-state index contributed by atoms with van der Waals surface area (Å²) in [4.78, 5) is 27.2. The van der Waals surface area contributed by atoms with E-state index < -0.39 is 0 Å². The molecule has 0 fully saturated rings. The third-order valence-corrected chi connectivity index (χ3v) is 6.24. The summed E-state index contributed by atoms with van der Waals surface area (Å²) in [5.41, 5.74) is 2.97. The molecule has 6 nitrogen and oxygen atoms in total. The molecule has 2 amide bonds. The van der Waals surface area contributed by atoms with Gasteiger partial charge in [0.25, 0.3) is 5.91 Å². The monoisotopic (exact) mass is 492 g/mol. The summed E-state index contributed by atoms with van der Waals surface area (Å²) in [5.74, 6) is 1.19. The van der Waals surface area contributed by atoms with E-state index in [0.29, 0.717) is 31.0 Å². The second-order valence-electron chi connectivity index (χ2n) is 9.56. The van der Waals surface area contributed by atoms with Gasteiger partial charge in [-0.1, -0.05) is 39.0 Å². The molecule has 2 aromatic carbocycles. The highest BCUT2D eigenvalue weighted by atomic mass is 19.1. The van der Waals surface area contributed by atoms with Gasteiger partial charge in [0, 0.05) is 19.5 Å². The van der Waals surface area contributed by atoms with Gasteiger partial charge in [-0.25, -0.2) is 4.39 Å². The first-order chi connectivity index (χ1) is 17.4. The van der Waals surface area contributed by atoms with Crippen molar-refractivity contribution in [3.05, 3.63) is 88.6 Å². The summed E-state index contributed by atoms with van der Waals surface area (Å²) < 4.78 is 25.3. The Labute approximate surface area is 211 Å². The third kappa shape index (κ3) is 5.96. The summed E-state index contributed by atoms with van der Waals surface area (Å²) in [6.07, 6.45) is 2.04. The molecule has 0 bridgehead atoms. The number of carbonyl (C=O) groups excluding carboxylic acids is 2. The summed E-state index contributed by atoms with van der Waals surface area (Å²) in [7, 11) is 0. The van der Waals surface area contributed by atoms with E-state index in [2.05, 4.69) is 5.32 Å². The van der Waals surface area contributed by atoms with Crippen LogP contribution in [0, 0.1) is 11.7 Å². The molecule has 0 saturated heterocycles. The van der Waals surface area contributed by atoms with Gasteiger partial charge in [-0.05, 0) is 71.8 Å². The van der Waals surface area contributed by atoms with Gasteiger partial charge < -0.3 is 19.4 Å². The Bertz CT molecular complexity index is 1200. The second-order valence-corrected chi connectivity index (χ2v) is 9.56. The van der Waals surface area contributed by atoms with Gasteiger partial charge in [0.15, 0.2) is 5.76 Å². The van der Waals surface area contributed by atoms with E-state index in [9.17, 15) is 14.0 Å². The van der Waals surface area contributed by atoms with Crippen LogP contribution in [0.3, 0.4) is 0 Å². The van der Waals surface area contributed by atoms with Crippen LogP contribution in [0.15, 0.2) is 59.0 Å². The molecule has 1 unspecified atom stereocenters. The quantitative estimate of drug-likeness (QED) is 0.419. The number of hydrogen-bond acceptors (Lipinski definition) is 4. The summed E-state index contributed by atoms with van der Waals surface area (Å²) >= 11 is 0. The molecule has 3 aromatic rings. The third-order valence-electron chi connectivity index (χ3n) is 6.24. The number of rotatable bonds is 9. The molecule has 190 valence electrons. The lowest BCUT2D eigenvalue weighted by Gasteiger charge is -2.38. The number of fused-ring (bicyclic) bond motifs is 1. The van der Waals surface area contributed by atoms with Crippen molar-refractivity contribution in [3.63, 3.8) is 0 Å². The first kappa shape index (κ1) is 25.5. The number of halogens is 1. The number of nitrogens with one attached hydrogen (secondary N) is 1. The first-order valence-corrected chi connectivity index (χ1v) is 12.5. The fraction of sp³-hybridized carbons (Fsp3) is 0.379. The van der Waals surface area contributed by atoms with Crippen LogP contribution in [-0.2, 0) is 17.8 Å². The molecule has 0 spiro atoms. The molecule has 2 heterocycles. The van der Waals surface area contributed by atoms with Crippen molar-refractivity contribution in [2.45, 2.75) is 52.7 Å². The molecule has 1 aromatic heterocycles. The van der Waals surface area contributed by atoms with E-state index in [-0.39, 0.29) is 42.0 Å². The zero-order valence-electron chi connectivity index (χ0n) is 21.1. The number of furan rings is 1. The number of amides is 2. The van der Waals surface area contributed by atoms with Crippen LogP contribution in [0.2, 0.25) is 0 Å². The molecule has 36 heavy (non-hydrogen) atoms. The largest absolute Gasteiger partial charge is 0.486 e. The van der Waals surface area contributed by atoms with E-state index in [1.165, 1.54) is 12.1 Å². The van der Waals surface area contributed by atoms with Gasteiger partial charge in [0.2, 0.25) is 5.91 Å². The average molecular weight is 493 g/mol. The van der Waals surface area contributed by atoms with E-state index in [0.717, 1.165) is 29.5 Å². The van der Waals surface area contributed by atoms with Gasteiger partial charge in [-0.3, -0.25) is 9.59 Å². The maximum Gasteiger partial charge on any atom is 0.286 e. The highest BCUT2D eigenvalue weighted by Gasteiger charge is 2.32. The molecule has 1 N–H and O–H groups in total. The Balaban J connectivity index is 1.56. The number of benzene rings is 2. The highest BCUT2D eigenvalue weighted by molar-refractivity contribution is 5.91. The van der Waals surface area contributed by atoms with Gasteiger partial charge in [-0.15, -0.1) is 0 Å². The Hall–Kier alpha value is -3.61. The van der Waals surface area contributed by atoms with Crippen molar-refractivity contribution in [1.29, 1.82) is 0 Å². The van der Waals surface area contributed by atoms with Gasteiger partial charge in [0.1, 0.15) is 23.9 Å². The fourth-order valence-corrected chi connectivity index (χ4v) is 4.48. The van der Waals surface area contributed by atoms with Crippen LogP contribution in [0.1, 0.15) is 72.7 Å². The molecule has 0 aliphatic carbocycles. The van der Waals surface area contributed by atoms with Crippen LogP contribution in [0.5, 0.6) is 5.75 Å². The van der Waals surface area contributed by atoms with Crippen molar-refractivity contribution in [3.8, 4) is 5.75 Å². The Morgan fingerprint density at radius 2 is 1.92 bits per heavy atom. The highest BCUT2D eigenvalue weighted by Crippen LogP contribution is 2.38. The predicted octanol–water partition coefficient (Wildman–Crippen LogP) is 5.66. The molecule has 0 radical (unpaired) electrons. The zero-order chi connectivity index (χ0) is 25.7. The van der Waals surface area contributed by atoms with Crippen LogP contribution >= 0.6 is 0 Å². The lowest BCUT2D eigenvalue weighted by molar-refractivity contribution is -0.134. The summed E-state index contributed by atoms with van der Waals surface area (Å²) in [6, 6.07) is 15.3. The van der Waals surface area contributed by atoms with E-state index in [4.69, 9.17) is 9.15 Å². The van der Waals surface area contributed by atoms with Gasteiger partial charge in [0.05, 0.1) is 6.04 Å². The number of hydrogen-bond donors (Lipinski definition) is 1. The number of nitrogens with zero attached hydrogens (tertiary/aromatic N) is 1. The van der Waals surface area contributed by atoms with E-state index in [1.807, 2.05) is 43.9 Å². The zero-order valence-corrected chi connectivity index (χ0v) is 21.1. The number of ether oxygens (including phenoxy) is 1. The molecular weight excluding hydrogens is 459 g/mol. The first-order valence-electron chi connectivity index (χ1n) is 12.5. The van der Waals surface area contributed by atoms with Crippen LogP contribution in [0.4, 0.5) is 4.39 Å². The standard InChI is InChI=1S/C29H33FN2O4/c1-4-14-31-29(34)26-12-11-24(36-26)18-35-23-10-7-20-13-15-32(27(33)16-19(2)3)28(25(20)17-23)21-5-8-22(30)9-6-21/h5-12,17,19,28H,4,13-16,18H2,1-3H3,(H,31,34). The van der Waals surface area contributed by atoms with Crippen LogP contribution in [0.25, 0.3) is 0 Å². The molecule has 4 rings (SSSR count). The van der Waals surface area contributed by atoms with E-state index >= 15 is 0 Å². The van der Waals surface area contributed by atoms with Crippen molar-refractivity contribution < 1.29 is 23.1 Å². The lowest BCUT2D eigenvalue weighted by atomic mass is 9.87. The molecule has 7 heteroatoms. The van der Waals surface area contributed by atoms with Crippen LogP contribution < -0.4 is 10.1 Å². The Morgan fingerprint density at radius 3 is 2.64 bits per heavy atom. The minimum atomic E-state index is -0.318. The topological polar surface area (TPSA) is 71.8 Å². The molecule has 1 atom stereocenters. The Morgan fingerprint density at radius 1 is 1.14 bits per heavy atom. The lowest BCUT2D eigenvalue weighted by Crippen LogP contribution is -2.41. The van der Waals surface area contributed by atoms with Crippen LogP contribution in [-0.4, -0.2) is 29.8 Å². The van der Waals surface area contributed by atoms with Crippen molar-refractivity contribution >= 4 is 11.8 Å². The minimum Gasteiger partial charge on any atom is -0.486 e. The molecule has 1 aliphatic rings. The smallest absolute Gasteiger partial charge is 0.286 e.